The molecule has 1 fully saturated rings. The second-order valence-corrected chi connectivity index (χ2v) is 6.40. The van der Waals surface area contributed by atoms with Crippen LogP contribution in [0.25, 0.3) is 0 Å². The van der Waals surface area contributed by atoms with Gasteiger partial charge >= 0.3 is 0 Å². The molecule has 2 aromatic rings. The number of hydrogen-bond acceptors (Lipinski definition) is 5. The topological polar surface area (TPSA) is 62.9 Å². The highest BCUT2D eigenvalue weighted by Crippen LogP contribution is 2.23. The number of nitrogens with zero attached hydrogens (tertiary/aromatic N) is 1. The number of aliphatic hydroxyl groups excluding tert-OH is 1. The molecule has 1 aromatic heterocycles. The van der Waals surface area contributed by atoms with Gasteiger partial charge in [-0.25, -0.2) is 0 Å². The number of aliphatic hydroxyl groups is 1. The molecule has 1 atom stereocenters. The van der Waals surface area contributed by atoms with E-state index in [1.165, 1.54) is 0 Å². The molecule has 1 saturated heterocycles. The number of amides is 1. The van der Waals surface area contributed by atoms with Crippen LogP contribution in [-0.4, -0.2) is 48.3 Å². The molecule has 1 aliphatic rings. The molecule has 3 rings (SSSR count). The van der Waals surface area contributed by atoms with E-state index >= 15 is 0 Å². The van der Waals surface area contributed by atoms with Crippen LogP contribution in [0.5, 0.6) is 0 Å². The van der Waals surface area contributed by atoms with Crippen molar-refractivity contribution in [3.63, 3.8) is 0 Å². The molecule has 1 N–H and O–H groups in total. The minimum Gasteiger partial charge on any atom is -0.455 e. The molecule has 1 unspecified atom stereocenters. The van der Waals surface area contributed by atoms with Crippen molar-refractivity contribution >= 4 is 17.7 Å². The fraction of sp³-hybridized carbons (Fsp3) is 0.353. The smallest absolute Gasteiger partial charge is 0.289 e. The van der Waals surface area contributed by atoms with Crippen LogP contribution in [-0.2, 0) is 10.5 Å². The van der Waals surface area contributed by atoms with Crippen LogP contribution in [0.2, 0.25) is 0 Å². The number of thioether (sulfide) groups is 1. The number of benzene rings is 1. The maximum absolute atomic E-state index is 12.4. The Bertz CT molecular complexity index is 643. The van der Waals surface area contributed by atoms with Crippen LogP contribution in [0.3, 0.4) is 0 Å². The molecule has 0 radical (unpaired) electrons. The van der Waals surface area contributed by atoms with Crippen LogP contribution in [0.4, 0.5) is 0 Å². The number of ether oxygens (including phenoxy) is 1. The fourth-order valence-corrected chi connectivity index (χ4v) is 3.19. The summed E-state index contributed by atoms with van der Waals surface area (Å²) in [6.07, 6.45) is -0.649. The first kappa shape index (κ1) is 16.1. The molecule has 1 aromatic carbocycles. The zero-order chi connectivity index (χ0) is 16.1. The highest BCUT2D eigenvalue weighted by atomic mass is 32.2. The van der Waals surface area contributed by atoms with Gasteiger partial charge in [-0.2, -0.15) is 0 Å². The summed E-state index contributed by atoms with van der Waals surface area (Å²) in [6, 6.07) is 13.6. The van der Waals surface area contributed by atoms with Gasteiger partial charge in [0.05, 0.1) is 25.1 Å². The van der Waals surface area contributed by atoms with E-state index in [-0.39, 0.29) is 19.1 Å². The summed E-state index contributed by atoms with van der Waals surface area (Å²) in [5.41, 5.74) is 0. The molecular formula is C17H19NO4S. The van der Waals surface area contributed by atoms with E-state index in [1.54, 1.807) is 22.7 Å². The molecule has 0 bridgehead atoms. The van der Waals surface area contributed by atoms with E-state index < -0.39 is 6.10 Å². The van der Waals surface area contributed by atoms with E-state index in [0.717, 1.165) is 10.7 Å². The van der Waals surface area contributed by atoms with Crippen LogP contribution in [0.15, 0.2) is 51.8 Å². The second-order valence-electron chi connectivity index (χ2n) is 5.35. The molecule has 6 heteroatoms. The van der Waals surface area contributed by atoms with Crippen LogP contribution >= 0.6 is 11.8 Å². The molecule has 0 aliphatic carbocycles. The normalized spacial score (nSPS) is 18.7. The predicted molar refractivity (Wildman–Crippen MR) is 87.4 cm³/mol. The number of carbonyl (C=O) groups is 1. The standard InChI is InChI=1S/C17H19NO4S/c19-13-10-18(8-9-21-11-13)17(20)16-7-6-14(22-16)12-23-15-4-2-1-3-5-15/h1-7,13,19H,8-12H2. The SMILES string of the molecule is O=C(c1ccc(CSc2ccccc2)o1)N1CCOCC(O)C1. The molecule has 122 valence electrons. The first-order chi connectivity index (χ1) is 11.2. The fourth-order valence-electron chi connectivity index (χ4n) is 2.37. The lowest BCUT2D eigenvalue weighted by Crippen LogP contribution is -2.37. The zero-order valence-corrected chi connectivity index (χ0v) is 13.5. The van der Waals surface area contributed by atoms with Gasteiger partial charge in [0.2, 0.25) is 0 Å². The second kappa shape index (κ2) is 7.68. The third-order valence-corrected chi connectivity index (χ3v) is 4.57. The Morgan fingerprint density at radius 1 is 1.26 bits per heavy atom. The summed E-state index contributed by atoms with van der Waals surface area (Å²) in [6.45, 7) is 1.43. The van der Waals surface area contributed by atoms with Gasteiger partial charge in [0, 0.05) is 18.0 Å². The van der Waals surface area contributed by atoms with E-state index in [9.17, 15) is 9.90 Å². The summed E-state index contributed by atoms with van der Waals surface area (Å²) >= 11 is 1.66. The summed E-state index contributed by atoms with van der Waals surface area (Å²) in [4.78, 5) is 15.2. The largest absolute Gasteiger partial charge is 0.455 e. The molecule has 2 heterocycles. The number of hydrogen-bond donors (Lipinski definition) is 1. The Hall–Kier alpha value is -1.76. The van der Waals surface area contributed by atoms with Gasteiger partial charge in [0.25, 0.3) is 5.91 Å². The minimum atomic E-state index is -0.649. The molecular weight excluding hydrogens is 314 g/mol. The molecule has 5 nitrogen and oxygen atoms in total. The van der Waals surface area contributed by atoms with Gasteiger partial charge in [-0.05, 0) is 24.3 Å². The number of furan rings is 1. The lowest BCUT2D eigenvalue weighted by molar-refractivity contribution is 0.0525. The predicted octanol–water partition coefficient (Wildman–Crippen LogP) is 2.41. The average Bonchev–Trinajstić information content (AvgIpc) is 2.94. The van der Waals surface area contributed by atoms with E-state index in [4.69, 9.17) is 9.15 Å². The third kappa shape index (κ3) is 4.37. The van der Waals surface area contributed by atoms with Gasteiger partial charge < -0.3 is 19.2 Å². The van der Waals surface area contributed by atoms with Crippen molar-refractivity contribution in [2.75, 3.05) is 26.3 Å². The Balaban J connectivity index is 1.60. The van der Waals surface area contributed by atoms with Crippen molar-refractivity contribution in [1.82, 2.24) is 4.90 Å². The Morgan fingerprint density at radius 3 is 2.91 bits per heavy atom. The minimum absolute atomic E-state index is 0.203. The summed E-state index contributed by atoms with van der Waals surface area (Å²) in [5, 5.41) is 9.72. The van der Waals surface area contributed by atoms with E-state index in [0.29, 0.717) is 24.7 Å². The van der Waals surface area contributed by atoms with Gasteiger partial charge in [-0.3, -0.25) is 4.79 Å². The van der Waals surface area contributed by atoms with Crippen molar-refractivity contribution in [3.05, 3.63) is 54.0 Å². The average molecular weight is 333 g/mol. The van der Waals surface area contributed by atoms with E-state index in [1.807, 2.05) is 36.4 Å². The number of rotatable bonds is 4. The maximum atomic E-state index is 12.4. The Morgan fingerprint density at radius 2 is 2.09 bits per heavy atom. The van der Waals surface area contributed by atoms with Crippen molar-refractivity contribution in [2.45, 2.75) is 16.8 Å². The van der Waals surface area contributed by atoms with E-state index in [2.05, 4.69) is 0 Å². The molecule has 0 spiro atoms. The quantitative estimate of drug-likeness (QED) is 0.871. The van der Waals surface area contributed by atoms with Crippen molar-refractivity contribution in [2.24, 2.45) is 0 Å². The van der Waals surface area contributed by atoms with Crippen molar-refractivity contribution < 1.29 is 19.1 Å². The first-order valence-electron chi connectivity index (χ1n) is 7.54. The summed E-state index contributed by atoms with van der Waals surface area (Å²) in [5.74, 6) is 1.53. The summed E-state index contributed by atoms with van der Waals surface area (Å²) < 4.78 is 10.9. The molecule has 1 aliphatic heterocycles. The van der Waals surface area contributed by atoms with Crippen LogP contribution < -0.4 is 0 Å². The zero-order valence-electron chi connectivity index (χ0n) is 12.7. The molecule has 0 saturated carbocycles. The molecule has 23 heavy (non-hydrogen) atoms. The van der Waals surface area contributed by atoms with Gasteiger partial charge in [-0.15, -0.1) is 11.8 Å². The lowest BCUT2D eigenvalue weighted by atomic mass is 10.3. The van der Waals surface area contributed by atoms with Gasteiger partial charge in [0.1, 0.15) is 5.76 Å². The highest BCUT2D eigenvalue weighted by molar-refractivity contribution is 7.98. The summed E-state index contributed by atoms with van der Waals surface area (Å²) in [7, 11) is 0. The van der Waals surface area contributed by atoms with Crippen molar-refractivity contribution in [1.29, 1.82) is 0 Å². The van der Waals surface area contributed by atoms with Crippen LogP contribution in [0.1, 0.15) is 16.3 Å². The first-order valence-corrected chi connectivity index (χ1v) is 8.52. The monoisotopic (exact) mass is 333 g/mol. The Labute approximate surface area is 139 Å². The lowest BCUT2D eigenvalue weighted by Gasteiger charge is -2.19. The number of β-amino-alcohol motifs (C(OH)–C–C–N with tert-alkyl or cyclic N) is 1. The third-order valence-electron chi connectivity index (χ3n) is 3.53. The highest BCUT2D eigenvalue weighted by Gasteiger charge is 2.24. The van der Waals surface area contributed by atoms with Crippen molar-refractivity contribution in [3.8, 4) is 0 Å². The molecule has 1 amide bonds. The van der Waals surface area contributed by atoms with Gasteiger partial charge in [0.15, 0.2) is 5.76 Å². The van der Waals surface area contributed by atoms with Gasteiger partial charge in [-0.1, -0.05) is 18.2 Å². The maximum Gasteiger partial charge on any atom is 0.289 e. The Kier molecular flexibility index (Phi) is 5.38. The number of carbonyl (C=O) groups excluding carboxylic acids is 1. The van der Waals surface area contributed by atoms with Crippen LogP contribution in [0, 0.1) is 0 Å².